The number of imide groups is 1. The molecule has 7 atom stereocenters. The summed E-state index contributed by atoms with van der Waals surface area (Å²) in [6.07, 6.45) is 0.845. The van der Waals surface area contributed by atoms with Crippen LogP contribution in [0.1, 0.15) is 22.8 Å². The van der Waals surface area contributed by atoms with Crippen LogP contribution in [0.25, 0.3) is 0 Å². The molecule has 184 valence electrons. The molecule has 2 aliphatic carbocycles. The number of fused-ring (bicyclic) bond motifs is 9. The van der Waals surface area contributed by atoms with Gasteiger partial charge in [-0.2, -0.15) is 0 Å². The summed E-state index contributed by atoms with van der Waals surface area (Å²) in [5.41, 5.74) is 2.68. The first-order chi connectivity index (χ1) is 17.3. The van der Waals surface area contributed by atoms with Gasteiger partial charge in [0.1, 0.15) is 5.82 Å². The summed E-state index contributed by atoms with van der Waals surface area (Å²) in [6.45, 7) is 0. The molecule has 2 saturated carbocycles. The van der Waals surface area contributed by atoms with Crippen LogP contribution < -0.4 is 14.7 Å². The average molecular weight is 522 g/mol. The number of halogens is 1. The quantitative estimate of drug-likeness (QED) is 0.520. The van der Waals surface area contributed by atoms with Crippen molar-refractivity contribution in [3.05, 3.63) is 74.5 Å². The molecule has 3 fully saturated rings. The van der Waals surface area contributed by atoms with E-state index in [1.165, 1.54) is 40.5 Å². The van der Waals surface area contributed by atoms with Crippen molar-refractivity contribution in [2.75, 3.05) is 23.9 Å². The van der Waals surface area contributed by atoms with E-state index in [9.17, 15) is 18.8 Å². The monoisotopic (exact) mass is 521 g/mol. The van der Waals surface area contributed by atoms with Crippen LogP contribution in [0.15, 0.2) is 58.4 Å². The number of nitrogens with zero attached hydrogens (tertiary/aromatic N) is 2. The number of amides is 2. The fourth-order valence-electron chi connectivity index (χ4n) is 7.21. The standard InChI is InChI=1S/C27H24FN3O3S2/c1-30(2)14-7-3-12(4-8-14)18-19-16-11-17(22(19)35-24-23(18)36-27(34)29-24)21-20(16)25(32)31(26(21)33)15-9-5-13(28)6-10-15/h3-10,16-22H,11H2,1-2H3,(H,29,34). The maximum Gasteiger partial charge on any atom is 0.305 e. The van der Waals surface area contributed by atoms with E-state index in [0.29, 0.717) is 5.69 Å². The van der Waals surface area contributed by atoms with Gasteiger partial charge < -0.3 is 9.88 Å². The minimum absolute atomic E-state index is 0.00476. The number of aromatic amines is 1. The predicted octanol–water partition coefficient (Wildman–Crippen LogP) is 4.32. The molecule has 7 unspecified atom stereocenters. The lowest BCUT2D eigenvalue weighted by atomic mass is 9.68. The van der Waals surface area contributed by atoms with Gasteiger partial charge in [-0.3, -0.25) is 19.3 Å². The molecule has 2 aromatic carbocycles. The fourth-order valence-corrected chi connectivity index (χ4v) is 10.1. The molecule has 1 aromatic heterocycles. The van der Waals surface area contributed by atoms with E-state index in [0.717, 1.165) is 27.6 Å². The van der Waals surface area contributed by atoms with E-state index in [4.69, 9.17) is 0 Å². The lowest BCUT2D eigenvalue weighted by molar-refractivity contribution is -0.123. The highest BCUT2D eigenvalue weighted by Gasteiger charge is 2.69. The first kappa shape index (κ1) is 22.3. The van der Waals surface area contributed by atoms with Gasteiger partial charge in [-0.15, -0.1) is 11.8 Å². The first-order valence-corrected chi connectivity index (χ1v) is 13.8. The minimum Gasteiger partial charge on any atom is -0.378 e. The Morgan fingerprint density at radius 1 is 0.944 bits per heavy atom. The van der Waals surface area contributed by atoms with Crippen molar-refractivity contribution >= 4 is 46.3 Å². The number of hydrogen-bond acceptors (Lipinski definition) is 6. The molecule has 1 saturated heterocycles. The van der Waals surface area contributed by atoms with Crippen molar-refractivity contribution < 1.29 is 14.0 Å². The lowest BCUT2D eigenvalue weighted by Crippen LogP contribution is -2.42. The number of rotatable bonds is 3. The summed E-state index contributed by atoms with van der Waals surface area (Å²) in [5.74, 6) is -1.16. The maximum absolute atomic E-state index is 13.7. The molecule has 3 heterocycles. The molecule has 2 bridgehead atoms. The second-order valence-electron chi connectivity index (χ2n) is 10.4. The third kappa shape index (κ3) is 2.99. The molecule has 9 heteroatoms. The molecule has 1 N–H and O–H groups in total. The Balaban J connectivity index is 1.31. The van der Waals surface area contributed by atoms with Crippen molar-refractivity contribution in [3.63, 3.8) is 0 Å². The van der Waals surface area contributed by atoms with Crippen LogP contribution in [0.2, 0.25) is 0 Å². The fraction of sp³-hybridized carbons (Fsp3) is 0.370. The van der Waals surface area contributed by atoms with Gasteiger partial charge in [-0.25, -0.2) is 4.39 Å². The van der Waals surface area contributed by atoms with Gasteiger partial charge >= 0.3 is 4.87 Å². The van der Waals surface area contributed by atoms with Crippen molar-refractivity contribution in [2.45, 2.75) is 22.6 Å². The van der Waals surface area contributed by atoms with E-state index in [1.807, 2.05) is 14.1 Å². The predicted molar refractivity (Wildman–Crippen MR) is 138 cm³/mol. The minimum atomic E-state index is -0.399. The molecule has 36 heavy (non-hydrogen) atoms. The van der Waals surface area contributed by atoms with Gasteiger partial charge in [0.15, 0.2) is 0 Å². The lowest BCUT2D eigenvalue weighted by Gasteiger charge is -2.43. The van der Waals surface area contributed by atoms with E-state index >= 15 is 0 Å². The van der Waals surface area contributed by atoms with Crippen LogP contribution in [0.5, 0.6) is 0 Å². The van der Waals surface area contributed by atoms with Crippen LogP contribution in [-0.4, -0.2) is 36.1 Å². The van der Waals surface area contributed by atoms with Crippen LogP contribution in [0.4, 0.5) is 15.8 Å². The highest BCUT2D eigenvalue weighted by Crippen LogP contribution is 2.68. The van der Waals surface area contributed by atoms with Gasteiger partial charge in [0.05, 0.1) is 22.5 Å². The summed E-state index contributed by atoms with van der Waals surface area (Å²) in [6, 6.07) is 14.1. The molecule has 2 amide bonds. The van der Waals surface area contributed by atoms with Gasteiger partial charge in [-0.1, -0.05) is 23.5 Å². The van der Waals surface area contributed by atoms with E-state index in [2.05, 4.69) is 34.1 Å². The number of aromatic nitrogens is 1. The van der Waals surface area contributed by atoms with Gasteiger partial charge in [-0.05, 0) is 66.1 Å². The zero-order chi connectivity index (χ0) is 24.9. The third-order valence-electron chi connectivity index (χ3n) is 8.58. The number of nitrogens with one attached hydrogen (secondary N) is 1. The number of thiazole rings is 1. The summed E-state index contributed by atoms with van der Waals surface area (Å²) in [4.78, 5) is 47.1. The molecule has 2 aliphatic heterocycles. The smallest absolute Gasteiger partial charge is 0.305 e. The highest BCUT2D eigenvalue weighted by atomic mass is 32.2. The Labute approximate surface area is 215 Å². The Bertz CT molecular complexity index is 1450. The summed E-state index contributed by atoms with van der Waals surface area (Å²) in [5, 5.41) is 1.06. The van der Waals surface area contributed by atoms with Crippen molar-refractivity contribution in [3.8, 4) is 0 Å². The molecule has 0 spiro atoms. The zero-order valence-electron chi connectivity index (χ0n) is 19.7. The van der Waals surface area contributed by atoms with E-state index < -0.39 is 5.82 Å². The third-order valence-corrected chi connectivity index (χ3v) is 11.2. The topological polar surface area (TPSA) is 73.5 Å². The van der Waals surface area contributed by atoms with Crippen LogP contribution in [0, 0.1) is 35.4 Å². The average Bonchev–Trinajstić information content (AvgIpc) is 3.59. The number of benzene rings is 2. The molecular weight excluding hydrogens is 497 g/mol. The number of carbonyl (C=O) groups excluding carboxylic acids is 2. The van der Waals surface area contributed by atoms with Gasteiger partial charge in [0.25, 0.3) is 0 Å². The highest BCUT2D eigenvalue weighted by molar-refractivity contribution is 8.00. The van der Waals surface area contributed by atoms with Gasteiger partial charge in [0, 0.05) is 35.8 Å². The SMILES string of the molecule is CN(C)c1ccc(C2c3sc(=O)[nH]c3SC3C4CC(C5C(=O)N(c6ccc(F)cc6)C(=O)C45)C23)cc1. The van der Waals surface area contributed by atoms with E-state index in [-0.39, 0.29) is 57.4 Å². The summed E-state index contributed by atoms with van der Waals surface area (Å²) in [7, 11) is 4.01. The van der Waals surface area contributed by atoms with Crippen molar-refractivity contribution in [2.24, 2.45) is 29.6 Å². The number of H-pyrrole nitrogens is 1. The normalized spacial score (nSPS) is 32.0. The summed E-state index contributed by atoms with van der Waals surface area (Å²) >= 11 is 2.95. The van der Waals surface area contributed by atoms with Crippen molar-refractivity contribution in [1.29, 1.82) is 0 Å². The number of thioether (sulfide) groups is 1. The first-order valence-electron chi connectivity index (χ1n) is 12.1. The van der Waals surface area contributed by atoms with Crippen LogP contribution in [-0.2, 0) is 9.59 Å². The largest absolute Gasteiger partial charge is 0.378 e. The van der Waals surface area contributed by atoms with E-state index in [1.54, 1.807) is 11.8 Å². The Kier molecular flexibility index (Phi) is 4.83. The molecule has 4 aliphatic rings. The maximum atomic E-state index is 13.7. The molecule has 3 aromatic rings. The molecular formula is C27H24FN3O3S2. The zero-order valence-corrected chi connectivity index (χ0v) is 21.3. The van der Waals surface area contributed by atoms with Gasteiger partial charge in [0.2, 0.25) is 11.8 Å². The van der Waals surface area contributed by atoms with Crippen LogP contribution in [0.3, 0.4) is 0 Å². The molecule has 7 rings (SSSR count). The Morgan fingerprint density at radius 3 is 2.28 bits per heavy atom. The second-order valence-corrected chi connectivity index (χ2v) is 12.6. The molecule has 0 radical (unpaired) electrons. The number of anilines is 2. The Hall–Kier alpha value is -2.91. The second kappa shape index (κ2) is 7.79. The summed E-state index contributed by atoms with van der Waals surface area (Å²) < 4.78 is 13.5. The van der Waals surface area contributed by atoms with Crippen molar-refractivity contribution in [1.82, 2.24) is 4.98 Å². The Morgan fingerprint density at radius 2 is 1.61 bits per heavy atom. The van der Waals surface area contributed by atoms with Crippen LogP contribution >= 0.6 is 23.1 Å². The number of hydrogen-bond donors (Lipinski definition) is 1. The number of carbonyl (C=O) groups is 2. The molecule has 6 nitrogen and oxygen atoms in total.